The maximum absolute atomic E-state index is 13.7. The summed E-state index contributed by atoms with van der Waals surface area (Å²) in [6, 6.07) is 0. The molecule has 6 aliphatic heterocycles. The second-order valence-electron chi connectivity index (χ2n) is 29.7. The summed E-state index contributed by atoms with van der Waals surface area (Å²) in [6.45, 7) is 21.4. The number of nitrogens with zero attached hydrogens (tertiary/aromatic N) is 1. The molecule has 526 valence electrons. The highest BCUT2D eigenvalue weighted by Crippen LogP contribution is 2.64. The summed E-state index contributed by atoms with van der Waals surface area (Å²) in [5.41, 5.74) is -0.102. The lowest BCUT2D eigenvalue weighted by Crippen LogP contribution is -2.56. The van der Waals surface area contributed by atoms with Crippen molar-refractivity contribution in [1.29, 1.82) is 0 Å². The Balaban J connectivity index is 0.000000155. The number of nitro groups is 1. The molecular weight excluding hydrogens is 1230 g/mol. The maximum atomic E-state index is 13.7. The lowest BCUT2D eigenvalue weighted by Gasteiger charge is -2.49. The van der Waals surface area contributed by atoms with E-state index in [-0.39, 0.29) is 126 Å². The van der Waals surface area contributed by atoms with Crippen LogP contribution < -0.4 is 0 Å². The van der Waals surface area contributed by atoms with Gasteiger partial charge < -0.3 is 73.0 Å². The van der Waals surface area contributed by atoms with E-state index in [0.29, 0.717) is 6.42 Å². The third-order valence-electron chi connectivity index (χ3n) is 24.5. The van der Waals surface area contributed by atoms with Gasteiger partial charge in [-0.25, -0.2) is 14.4 Å². The Labute approximate surface area is 556 Å². The van der Waals surface area contributed by atoms with E-state index in [0.717, 1.165) is 23.0 Å². The summed E-state index contributed by atoms with van der Waals surface area (Å²) in [4.78, 5) is 88.8. The van der Waals surface area contributed by atoms with Crippen LogP contribution in [0.5, 0.6) is 0 Å². The van der Waals surface area contributed by atoms with Gasteiger partial charge in [-0.15, -0.1) is 0 Å². The molecule has 0 aromatic carbocycles. The van der Waals surface area contributed by atoms with Crippen molar-refractivity contribution in [3.05, 3.63) is 81.5 Å². The molecule has 3 saturated heterocycles. The summed E-state index contributed by atoms with van der Waals surface area (Å²) in [7, 11) is 4.36. The van der Waals surface area contributed by atoms with Crippen molar-refractivity contribution in [2.45, 2.75) is 199 Å². The minimum atomic E-state index is -1.02. The summed E-state index contributed by atoms with van der Waals surface area (Å²) in [5, 5.41) is 63.7. The second kappa shape index (κ2) is 27.9. The SMILES string of the molecule is CO[C@H]1C[C@H]2C=C[C@H]3[C@H]4O[C@]2(/C(C)=C/[C@@H](C)[C@@H]([C@@H](C)O)OC1=O)[C@@H]3C(=O)C(C)[C@@H]4C=O.CO[C@H]1C[C@H]2C=C[C@H]3[C@H]4O[C@]2(/C(C)=C/[C@@H](C)[C@@H]([C@@H](C)O)OC1=O)[C@@H]3C(=O)C(C)[C@H]4C[N+](=O)[O-].CO[C@H]1C[C@H]2C=C[C@H]3[C@H]4O[C@]2(/C(C)=C/[C@@H](C)[C@@H]([C@@H](C)O)OC1=O)[C@@H]3[C@H](O)C(C)[C@@H]4CO. The Morgan fingerprint density at radius 3 is 1.32 bits per heavy atom. The first kappa shape index (κ1) is 72.6. The number of carbonyl (C=O) groups is 6. The third-order valence-corrected chi connectivity index (χ3v) is 24.5. The minimum absolute atomic E-state index is 0.00158. The molecule has 95 heavy (non-hydrogen) atoms. The quantitative estimate of drug-likeness (QED) is 0.0464. The zero-order valence-corrected chi connectivity index (χ0v) is 57.3. The maximum Gasteiger partial charge on any atom is 0.335 e. The van der Waals surface area contributed by atoms with Gasteiger partial charge in [0.05, 0.1) is 66.4 Å². The molecule has 6 fully saturated rings. The van der Waals surface area contributed by atoms with E-state index in [4.69, 9.17) is 42.6 Å². The summed E-state index contributed by atoms with van der Waals surface area (Å²) in [5.74, 6) is -7.04. The average molecular weight is 1330 g/mol. The number of esters is 3. The normalized spacial score (nSPS) is 49.5. The van der Waals surface area contributed by atoms with Crippen LogP contribution in [-0.2, 0) is 71.4 Å². The van der Waals surface area contributed by atoms with Crippen LogP contribution >= 0.6 is 0 Å². The Kier molecular flexibility index (Phi) is 21.3. The van der Waals surface area contributed by atoms with Crippen molar-refractivity contribution in [1.82, 2.24) is 0 Å². The molecule has 0 amide bonds. The Hall–Kier alpha value is -5.18. The molecule has 12 aliphatic rings. The number of Topliss-reactive ketones (excluding diaryl/α,β-unsaturated/α-hetero) is 2. The first-order chi connectivity index (χ1) is 44.9. The van der Waals surface area contributed by atoms with E-state index in [1.54, 1.807) is 34.6 Å². The van der Waals surface area contributed by atoms with Gasteiger partial charge in [0.25, 0.3) is 0 Å². The molecular formula is C72H101NO22. The van der Waals surface area contributed by atoms with Crippen LogP contribution in [0.15, 0.2) is 71.4 Å². The molecule has 3 unspecified atom stereocenters. The van der Waals surface area contributed by atoms with E-state index >= 15 is 0 Å². The zero-order chi connectivity index (χ0) is 69.6. The standard InChI is InChI=1S/C24H33NO8.C24H36O7.C24H32O7/c1-11-8-12(2)24-15(9-18(31-5)23(28)32-21(11)14(4)26)6-7-16-19(24)20(27)13(3)17(10-25(29)30)22(16)33-24;2*1-11-8-12(2)24-15(9-18(29-5)23(28)30-21(11)14(4)26)6-7-16-19(24)20(27)13(3)17(10-25)22(16)31-24/h6-8,11,13-19,21-22,26H,9-10H2,1-5H3;6-8,11,13-22,25-27H,9-10H2,1-5H3;6-8,10-11,13-19,21-22,26H,9H2,1-5H3/b3*12-8+/t11-,13?,14-,15-,16-,17-,18+,19+,21+,22-,24+;11-,13?,14-,15-,16-,17+,18+,19+,20-,21+,22-,24+;11-,13?,14-,15-,16-,17+,18+,19+,21+,22-,24+/m111/s1. The Bertz CT molecular complexity index is 3130. The molecule has 12 rings (SSSR count). The monoisotopic (exact) mass is 1330 g/mol. The Morgan fingerprint density at radius 1 is 0.568 bits per heavy atom. The van der Waals surface area contributed by atoms with Crippen LogP contribution in [0.3, 0.4) is 0 Å². The molecule has 6 heterocycles. The largest absolute Gasteiger partial charge is 0.457 e. The fourth-order valence-electron chi connectivity index (χ4n) is 19.8. The van der Waals surface area contributed by atoms with Gasteiger partial charge >= 0.3 is 17.9 Å². The molecule has 23 heteroatoms. The van der Waals surface area contributed by atoms with Gasteiger partial charge in [-0.05, 0) is 83.4 Å². The topological polar surface area (TPSA) is 330 Å². The van der Waals surface area contributed by atoms with Gasteiger partial charge in [0, 0.05) is 110 Å². The van der Waals surface area contributed by atoms with Crippen LogP contribution in [0.25, 0.3) is 0 Å². The lowest BCUT2D eigenvalue weighted by molar-refractivity contribution is -0.492. The molecule has 23 nitrogen and oxygen atoms in total. The van der Waals surface area contributed by atoms with Crippen molar-refractivity contribution in [2.24, 2.45) is 107 Å². The van der Waals surface area contributed by atoms with Gasteiger partial charge in [-0.3, -0.25) is 19.7 Å². The van der Waals surface area contributed by atoms with E-state index in [1.165, 1.54) is 21.3 Å². The highest BCUT2D eigenvalue weighted by Gasteiger charge is 2.72. The average Bonchev–Trinajstić information content (AvgIpc) is 1.59. The predicted octanol–water partition coefficient (Wildman–Crippen LogP) is 5.27. The minimum Gasteiger partial charge on any atom is -0.457 e. The smallest absolute Gasteiger partial charge is 0.335 e. The summed E-state index contributed by atoms with van der Waals surface area (Å²) in [6.07, 6.45) is 10.6. The number of aliphatic hydroxyl groups is 5. The molecule has 3 spiro atoms. The summed E-state index contributed by atoms with van der Waals surface area (Å²) >= 11 is 0. The van der Waals surface area contributed by atoms with Crippen molar-refractivity contribution < 1.29 is 102 Å². The number of rotatable bonds is 10. The van der Waals surface area contributed by atoms with Gasteiger partial charge in [0.1, 0.15) is 53.0 Å². The van der Waals surface area contributed by atoms with Crippen molar-refractivity contribution in [3.8, 4) is 0 Å². The Morgan fingerprint density at radius 2 is 0.926 bits per heavy atom. The number of carbonyl (C=O) groups excluding carboxylic acids is 6. The molecule has 0 radical (unpaired) electrons. The van der Waals surface area contributed by atoms with Gasteiger partial charge in [-0.2, -0.15) is 0 Å². The van der Waals surface area contributed by atoms with E-state index in [1.807, 2.05) is 91.0 Å². The van der Waals surface area contributed by atoms with Crippen molar-refractivity contribution in [2.75, 3.05) is 34.5 Å². The highest BCUT2D eigenvalue weighted by atomic mass is 16.6. The van der Waals surface area contributed by atoms with Gasteiger partial charge in [-0.1, -0.05) is 96.2 Å². The van der Waals surface area contributed by atoms with Crippen LogP contribution in [-0.4, -0.2) is 197 Å². The molecule has 34 atom stereocenters. The molecule has 3 saturated carbocycles. The van der Waals surface area contributed by atoms with Gasteiger partial charge in [0.15, 0.2) is 18.3 Å². The number of methoxy groups -OCH3 is 3. The van der Waals surface area contributed by atoms with E-state index in [2.05, 4.69) is 12.2 Å². The first-order valence-electron chi connectivity index (χ1n) is 34.2. The summed E-state index contributed by atoms with van der Waals surface area (Å²) < 4.78 is 53.7. The van der Waals surface area contributed by atoms with Crippen LogP contribution in [0.2, 0.25) is 0 Å². The van der Waals surface area contributed by atoms with Crippen molar-refractivity contribution >= 4 is 35.8 Å². The molecule has 6 aliphatic carbocycles. The molecule has 5 N–H and O–H groups in total. The molecule has 12 bridgehead atoms. The number of cyclic esters (lactones) is 3. The number of hydrogen-bond donors (Lipinski definition) is 5. The number of ketones is 2. The number of aldehydes is 1. The van der Waals surface area contributed by atoms with Gasteiger partial charge in [0.2, 0.25) is 6.54 Å². The molecule has 0 aromatic rings. The highest BCUT2D eigenvalue weighted by molar-refractivity contribution is 5.91. The van der Waals surface area contributed by atoms with Crippen LogP contribution in [0.4, 0.5) is 0 Å². The van der Waals surface area contributed by atoms with E-state index in [9.17, 15) is 64.4 Å². The number of ether oxygens (including phenoxy) is 9. The van der Waals surface area contributed by atoms with Crippen LogP contribution in [0.1, 0.15) is 102 Å². The van der Waals surface area contributed by atoms with E-state index < -0.39 is 137 Å². The fraction of sp³-hybridized carbons (Fsp3) is 0.750. The van der Waals surface area contributed by atoms with Crippen LogP contribution in [0, 0.1) is 117 Å². The zero-order valence-electron chi connectivity index (χ0n) is 57.3. The lowest BCUT2D eigenvalue weighted by atomic mass is 9.56. The number of hydrogen-bond acceptors (Lipinski definition) is 22. The number of aliphatic hydroxyl groups excluding tert-OH is 5. The first-order valence-corrected chi connectivity index (χ1v) is 34.2. The second-order valence-corrected chi connectivity index (χ2v) is 29.7. The fourth-order valence-corrected chi connectivity index (χ4v) is 19.8. The van der Waals surface area contributed by atoms with Crippen molar-refractivity contribution in [3.63, 3.8) is 0 Å². The molecule has 0 aromatic heterocycles. The predicted molar refractivity (Wildman–Crippen MR) is 340 cm³/mol. The third kappa shape index (κ3) is 11.9.